The minimum atomic E-state index is -0.304. The predicted molar refractivity (Wildman–Crippen MR) is 94.2 cm³/mol. The Balaban J connectivity index is 1.83. The molecule has 0 aliphatic rings. The number of carbonyl (C=O) groups is 1. The van der Waals surface area contributed by atoms with Gasteiger partial charge in [-0.3, -0.25) is 10.1 Å². The zero-order chi connectivity index (χ0) is 15.9. The first-order valence-electron chi connectivity index (χ1n) is 6.42. The van der Waals surface area contributed by atoms with E-state index in [0.717, 1.165) is 21.0 Å². The molecular formula is C13H13BrClN3O2S2. The maximum atomic E-state index is 11.8. The van der Waals surface area contributed by atoms with Crippen LogP contribution in [0.25, 0.3) is 0 Å². The van der Waals surface area contributed by atoms with E-state index in [1.165, 1.54) is 11.3 Å². The topological polar surface area (TPSA) is 64.1 Å². The van der Waals surface area contributed by atoms with Crippen molar-refractivity contribution in [1.82, 2.24) is 10.2 Å². The van der Waals surface area contributed by atoms with Crippen molar-refractivity contribution in [2.45, 2.75) is 17.7 Å². The molecule has 1 N–H and O–H groups in total. The number of nitrogens with zero attached hydrogens (tertiary/aromatic N) is 2. The van der Waals surface area contributed by atoms with E-state index in [-0.39, 0.29) is 12.5 Å². The first-order valence-corrected chi connectivity index (χ1v) is 9.39. The van der Waals surface area contributed by atoms with Crippen LogP contribution in [0, 0.1) is 0 Å². The number of aromatic nitrogens is 2. The van der Waals surface area contributed by atoms with Gasteiger partial charge in [-0.2, -0.15) is 0 Å². The van der Waals surface area contributed by atoms with Crippen LogP contribution in [-0.2, 0) is 4.79 Å². The highest BCUT2D eigenvalue weighted by molar-refractivity contribution is 9.10. The minimum Gasteiger partial charge on any atom is -0.482 e. The molecule has 9 heteroatoms. The first kappa shape index (κ1) is 17.5. The van der Waals surface area contributed by atoms with Gasteiger partial charge < -0.3 is 4.74 Å². The van der Waals surface area contributed by atoms with Gasteiger partial charge >= 0.3 is 0 Å². The van der Waals surface area contributed by atoms with Crippen molar-refractivity contribution >= 4 is 61.7 Å². The third kappa shape index (κ3) is 5.42. The summed E-state index contributed by atoms with van der Waals surface area (Å²) in [6.07, 6.45) is 1.06. The van der Waals surface area contributed by atoms with E-state index < -0.39 is 0 Å². The number of amides is 1. The number of hydrogen-bond acceptors (Lipinski definition) is 6. The van der Waals surface area contributed by atoms with Gasteiger partial charge in [0.15, 0.2) is 10.9 Å². The van der Waals surface area contributed by atoms with E-state index in [0.29, 0.717) is 15.9 Å². The van der Waals surface area contributed by atoms with Crippen LogP contribution in [0.3, 0.4) is 0 Å². The van der Waals surface area contributed by atoms with Gasteiger partial charge in [-0.1, -0.05) is 57.6 Å². The van der Waals surface area contributed by atoms with E-state index in [9.17, 15) is 4.79 Å². The van der Waals surface area contributed by atoms with Crippen molar-refractivity contribution in [3.63, 3.8) is 0 Å². The number of rotatable bonds is 7. The monoisotopic (exact) mass is 421 g/mol. The van der Waals surface area contributed by atoms with Crippen LogP contribution in [0.2, 0.25) is 5.02 Å². The number of hydrogen-bond donors (Lipinski definition) is 1. The highest BCUT2D eigenvalue weighted by atomic mass is 79.9. The quantitative estimate of drug-likeness (QED) is 0.527. The number of thioether (sulfide) groups is 1. The first-order chi connectivity index (χ1) is 10.6. The molecule has 1 aromatic carbocycles. The van der Waals surface area contributed by atoms with Crippen LogP contribution >= 0.6 is 50.6 Å². The summed E-state index contributed by atoms with van der Waals surface area (Å²) >= 11 is 12.3. The van der Waals surface area contributed by atoms with E-state index in [1.807, 2.05) is 0 Å². The number of ether oxygens (including phenoxy) is 1. The molecule has 0 unspecified atom stereocenters. The van der Waals surface area contributed by atoms with Gasteiger partial charge in [0.25, 0.3) is 5.91 Å². The molecule has 0 bridgehead atoms. The van der Waals surface area contributed by atoms with Gasteiger partial charge in [0.2, 0.25) is 5.13 Å². The summed E-state index contributed by atoms with van der Waals surface area (Å²) in [7, 11) is 0. The second-order valence-electron chi connectivity index (χ2n) is 4.13. The Bertz CT molecular complexity index is 654. The fraction of sp³-hybridized carbons (Fsp3) is 0.308. The molecule has 0 saturated heterocycles. The van der Waals surface area contributed by atoms with Gasteiger partial charge in [-0.05, 0) is 24.6 Å². The van der Waals surface area contributed by atoms with E-state index in [2.05, 4.69) is 38.4 Å². The lowest BCUT2D eigenvalue weighted by Gasteiger charge is -2.07. The Morgan fingerprint density at radius 3 is 3.05 bits per heavy atom. The maximum Gasteiger partial charge on any atom is 0.264 e. The molecule has 0 atom stereocenters. The second-order valence-corrected chi connectivity index (χ2v) is 7.78. The zero-order valence-corrected chi connectivity index (χ0v) is 15.6. The average Bonchev–Trinajstić information content (AvgIpc) is 2.91. The smallest absolute Gasteiger partial charge is 0.264 e. The van der Waals surface area contributed by atoms with E-state index >= 15 is 0 Å². The van der Waals surface area contributed by atoms with Crippen LogP contribution < -0.4 is 10.1 Å². The summed E-state index contributed by atoms with van der Waals surface area (Å²) in [4.78, 5) is 11.8. The van der Waals surface area contributed by atoms with Gasteiger partial charge in [0, 0.05) is 10.2 Å². The second kappa shape index (κ2) is 8.71. The van der Waals surface area contributed by atoms with Gasteiger partial charge in [-0.15, -0.1) is 10.2 Å². The molecule has 1 heterocycles. The summed E-state index contributed by atoms with van der Waals surface area (Å²) in [5.41, 5.74) is 0. The molecule has 0 aliphatic carbocycles. The summed E-state index contributed by atoms with van der Waals surface area (Å²) in [5.74, 6) is 1.13. The van der Waals surface area contributed by atoms with Crippen LogP contribution in [0.4, 0.5) is 5.13 Å². The SMILES string of the molecule is CCCSc1nnc(NC(=O)COc2ccc(Br)cc2Cl)s1. The number of halogens is 2. The average molecular weight is 423 g/mol. The number of benzene rings is 1. The maximum absolute atomic E-state index is 11.8. The molecule has 0 spiro atoms. The normalized spacial score (nSPS) is 10.5. The Morgan fingerprint density at radius 1 is 1.50 bits per heavy atom. The molecule has 2 aromatic rings. The summed E-state index contributed by atoms with van der Waals surface area (Å²) in [6.45, 7) is 1.96. The van der Waals surface area contributed by atoms with Crippen molar-refractivity contribution in [3.8, 4) is 5.75 Å². The van der Waals surface area contributed by atoms with Crippen molar-refractivity contribution < 1.29 is 9.53 Å². The minimum absolute atomic E-state index is 0.141. The third-order valence-corrected chi connectivity index (χ3v) is 5.30. The van der Waals surface area contributed by atoms with Crippen molar-refractivity contribution in [3.05, 3.63) is 27.7 Å². The molecule has 0 aliphatic heterocycles. The molecule has 0 radical (unpaired) electrons. The Kier molecular flexibility index (Phi) is 6.94. The largest absolute Gasteiger partial charge is 0.482 e. The number of anilines is 1. The molecule has 22 heavy (non-hydrogen) atoms. The lowest BCUT2D eigenvalue weighted by atomic mass is 10.3. The van der Waals surface area contributed by atoms with Crippen LogP contribution in [-0.4, -0.2) is 28.5 Å². The summed E-state index contributed by atoms with van der Waals surface area (Å²) in [6, 6.07) is 5.20. The zero-order valence-electron chi connectivity index (χ0n) is 11.6. The lowest BCUT2D eigenvalue weighted by molar-refractivity contribution is -0.118. The fourth-order valence-corrected chi connectivity index (χ4v) is 3.82. The van der Waals surface area contributed by atoms with Gasteiger partial charge in [0.1, 0.15) is 5.75 Å². The molecular weight excluding hydrogens is 410 g/mol. The summed E-state index contributed by atoms with van der Waals surface area (Å²) < 4.78 is 7.07. The molecule has 118 valence electrons. The van der Waals surface area contributed by atoms with Crippen LogP contribution in [0.1, 0.15) is 13.3 Å². The van der Waals surface area contributed by atoms with Crippen molar-refractivity contribution in [2.24, 2.45) is 0 Å². The third-order valence-electron chi connectivity index (χ3n) is 2.34. The highest BCUT2D eigenvalue weighted by Gasteiger charge is 2.10. The molecule has 1 aromatic heterocycles. The van der Waals surface area contributed by atoms with Crippen molar-refractivity contribution in [2.75, 3.05) is 17.7 Å². The standard InChI is InChI=1S/C13H13BrClN3O2S2/c1-2-5-21-13-18-17-12(22-13)16-11(19)7-20-10-4-3-8(14)6-9(10)15/h3-4,6H,2,5,7H2,1H3,(H,16,17,19). The number of carbonyl (C=O) groups excluding carboxylic acids is 1. The van der Waals surface area contributed by atoms with E-state index in [4.69, 9.17) is 16.3 Å². The molecule has 5 nitrogen and oxygen atoms in total. The highest BCUT2D eigenvalue weighted by Crippen LogP contribution is 2.28. The lowest BCUT2D eigenvalue weighted by Crippen LogP contribution is -2.20. The Morgan fingerprint density at radius 2 is 2.32 bits per heavy atom. The number of nitrogens with one attached hydrogen (secondary N) is 1. The summed E-state index contributed by atoms with van der Waals surface area (Å²) in [5, 5.41) is 11.5. The van der Waals surface area contributed by atoms with Crippen molar-refractivity contribution in [1.29, 1.82) is 0 Å². The Labute approximate surface area is 149 Å². The fourth-order valence-electron chi connectivity index (χ4n) is 1.40. The molecule has 0 saturated carbocycles. The Hall–Kier alpha value is -0.830. The van der Waals surface area contributed by atoms with Crippen LogP contribution in [0.15, 0.2) is 27.0 Å². The molecule has 0 fully saturated rings. The molecule has 2 rings (SSSR count). The van der Waals surface area contributed by atoms with Gasteiger partial charge in [0.05, 0.1) is 5.02 Å². The predicted octanol–water partition coefficient (Wildman–Crippen LogP) is 4.47. The van der Waals surface area contributed by atoms with Gasteiger partial charge in [-0.25, -0.2) is 0 Å². The molecule has 1 amide bonds. The van der Waals surface area contributed by atoms with E-state index in [1.54, 1.807) is 30.0 Å². The van der Waals surface area contributed by atoms with Crippen LogP contribution in [0.5, 0.6) is 5.75 Å².